The van der Waals surface area contributed by atoms with Gasteiger partial charge in [0.25, 0.3) is 0 Å². The molecule has 1 aromatic heterocycles. The summed E-state index contributed by atoms with van der Waals surface area (Å²) in [6.07, 6.45) is 4.84. The van der Waals surface area contributed by atoms with Crippen molar-refractivity contribution in [3.8, 4) is 12.1 Å². The minimum absolute atomic E-state index is 0.241. The molecule has 0 spiro atoms. The molecule has 0 saturated heterocycles. The number of fused-ring (bicyclic) bond motifs is 3. The van der Waals surface area contributed by atoms with Gasteiger partial charge in [-0.25, -0.2) is 4.98 Å². The Morgan fingerprint density at radius 1 is 1.12 bits per heavy atom. The van der Waals surface area contributed by atoms with Crippen LogP contribution in [0.2, 0.25) is 0 Å². The van der Waals surface area contributed by atoms with Crippen LogP contribution in [-0.2, 0) is 0 Å². The zero-order valence-electron chi connectivity index (χ0n) is 16.5. The number of rotatable bonds is 1. The molecule has 7 heteroatoms. The first-order valence-corrected chi connectivity index (χ1v) is 10.7. The molecule has 0 radical (unpaired) electrons. The van der Waals surface area contributed by atoms with E-state index < -0.39 is 17.7 Å². The van der Waals surface area contributed by atoms with Gasteiger partial charge in [-0.2, -0.15) is 23.7 Å². The summed E-state index contributed by atoms with van der Waals surface area (Å²) in [6, 6.07) is 11.9. The maximum Gasteiger partial charge on any atom is 0.413 e. The third-order valence-corrected chi connectivity index (χ3v) is 6.91. The lowest BCUT2D eigenvalue weighted by Crippen LogP contribution is -2.15. The number of aromatic nitrogens is 1. The molecule has 0 fully saturated rings. The molecule has 3 aliphatic carbocycles. The second kappa shape index (κ2) is 7.47. The number of para-hydroxylation sites is 1. The van der Waals surface area contributed by atoms with Gasteiger partial charge in [-0.15, -0.1) is 11.3 Å². The Balaban J connectivity index is 1.78. The van der Waals surface area contributed by atoms with Crippen LogP contribution in [0.3, 0.4) is 0 Å². The number of alkyl halides is 3. The molecule has 2 atom stereocenters. The third-order valence-electron chi connectivity index (χ3n) is 5.86. The van der Waals surface area contributed by atoms with Crippen LogP contribution in [-0.4, -0.2) is 11.2 Å². The van der Waals surface area contributed by atoms with Gasteiger partial charge < -0.3 is 0 Å². The number of nitriles is 2. The highest BCUT2D eigenvalue weighted by Crippen LogP contribution is 2.51. The lowest BCUT2D eigenvalue weighted by molar-refractivity contribution is -0.0929. The van der Waals surface area contributed by atoms with E-state index in [4.69, 9.17) is 0 Å². The molecule has 5 rings (SSSR count). The SMILES string of the molecule is N#CC1=CC2C3=C(C=CCC(C(F)(F)F)=C3)/C(=C(/C#N)c3nc4ccccc4s3)C2C=C1. The van der Waals surface area contributed by atoms with E-state index in [9.17, 15) is 23.7 Å². The molecule has 3 aliphatic rings. The van der Waals surface area contributed by atoms with Crippen molar-refractivity contribution >= 4 is 27.1 Å². The zero-order valence-corrected chi connectivity index (χ0v) is 17.3. The average Bonchev–Trinajstić information content (AvgIpc) is 3.23. The first kappa shape index (κ1) is 20.2. The van der Waals surface area contributed by atoms with E-state index in [1.165, 1.54) is 23.5 Å². The number of nitrogens with zero attached hydrogens (tertiary/aromatic N) is 3. The Labute approximate surface area is 186 Å². The van der Waals surface area contributed by atoms with Crippen molar-refractivity contribution in [3.05, 3.63) is 93.6 Å². The molecule has 1 heterocycles. The van der Waals surface area contributed by atoms with Gasteiger partial charge >= 0.3 is 6.18 Å². The summed E-state index contributed by atoms with van der Waals surface area (Å²) in [4.78, 5) is 4.62. The predicted molar refractivity (Wildman–Crippen MR) is 117 cm³/mol. The molecule has 0 bridgehead atoms. The summed E-state index contributed by atoms with van der Waals surface area (Å²) >= 11 is 1.39. The Kier molecular flexibility index (Phi) is 4.73. The van der Waals surface area contributed by atoms with E-state index in [0.717, 1.165) is 10.2 Å². The highest BCUT2D eigenvalue weighted by Gasteiger charge is 2.41. The molecular weight excluding hydrogens is 431 g/mol. The van der Waals surface area contributed by atoms with Gasteiger partial charge in [0.05, 0.1) is 21.9 Å². The fourth-order valence-electron chi connectivity index (χ4n) is 4.44. The van der Waals surface area contributed by atoms with E-state index in [2.05, 4.69) is 17.1 Å². The Hall–Kier alpha value is -3.68. The average molecular weight is 445 g/mol. The summed E-state index contributed by atoms with van der Waals surface area (Å²) in [5.74, 6) is -0.787. The number of hydrogen-bond donors (Lipinski definition) is 0. The van der Waals surface area contributed by atoms with Crippen molar-refractivity contribution in [1.29, 1.82) is 10.5 Å². The maximum absolute atomic E-state index is 13.6. The van der Waals surface area contributed by atoms with Crippen molar-refractivity contribution in [1.82, 2.24) is 4.98 Å². The molecule has 32 heavy (non-hydrogen) atoms. The summed E-state index contributed by atoms with van der Waals surface area (Å²) in [7, 11) is 0. The highest BCUT2D eigenvalue weighted by molar-refractivity contribution is 7.19. The Morgan fingerprint density at radius 2 is 1.94 bits per heavy atom. The van der Waals surface area contributed by atoms with Crippen LogP contribution in [0.5, 0.6) is 0 Å². The second-order valence-corrected chi connectivity index (χ2v) is 8.71. The normalized spacial score (nSPS) is 23.7. The van der Waals surface area contributed by atoms with Gasteiger partial charge in [0.1, 0.15) is 11.1 Å². The van der Waals surface area contributed by atoms with E-state index in [-0.39, 0.29) is 12.3 Å². The van der Waals surface area contributed by atoms with Gasteiger partial charge in [0.15, 0.2) is 0 Å². The zero-order chi connectivity index (χ0) is 22.5. The summed E-state index contributed by atoms with van der Waals surface area (Å²) < 4.78 is 41.6. The van der Waals surface area contributed by atoms with E-state index >= 15 is 0 Å². The summed E-state index contributed by atoms with van der Waals surface area (Å²) in [6.45, 7) is 0. The largest absolute Gasteiger partial charge is 0.413 e. The minimum Gasteiger partial charge on any atom is -0.235 e. The van der Waals surface area contributed by atoms with E-state index in [0.29, 0.717) is 32.9 Å². The fraction of sp³-hybridized carbons (Fsp3) is 0.160. The van der Waals surface area contributed by atoms with E-state index in [1.807, 2.05) is 30.3 Å². The Morgan fingerprint density at radius 3 is 2.66 bits per heavy atom. The quantitative estimate of drug-likeness (QED) is 0.466. The van der Waals surface area contributed by atoms with E-state index in [1.54, 1.807) is 18.2 Å². The first-order chi connectivity index (χ1) is 15.4. The Bertz CT molecular complexity index is 1380. The van der Waals surface area contributed by atoms with Crippen molar-refractivity contribution in [2.75, 3.05) is 0 Å². The van der Waals surface area contributed by atoms with Crippen molar-refractivity contribution in [3.63, 3.8) is 0 Å². The van der Waals surface area contributed by atoms with Crippen LogP contribution < -0.4 is 0 Å². The monoisotopic (exact) mass is 445 g/mol. The van der Waals surface area contributed by atoms with Crippen molar-refractivity contribution in [2.45, 2.75) is 12.6 Å². The predicted octanol–water partition coefficient (Wildman–Crippen LogP) is 6.58. The second-order valence-electron chi connectivity index (χ2n) is 7.67. The molecule has 0 amide bonds. The number of benzene rings is 1. The van der Waals surface area contributed by atoms with Crippen LogP contribution >= 0.6 is 11.3 Å². The molecular formula is C25H14F3N3S. The number of allylic oxidation sites excluding steroid dienone is 12. The van der Waals surface area contributed by atoms with Gasteiger partial charge in [0.2, 0.25) is 0 Å². The molecule has 0 N–H and O–H groups in total. The van der Waals surface area contributed by atoms with Crippen LogP contribution in [0.15, 0.2) is 88.6 Å². The molecule has 3 nitrogen and oxygen atoms in total. The smallest absolute Gasteiger partial charge is 0.235 e. The van der Waals surface area contributed by atoms with Crippen LogP contribution in [0.4, 0.5) is 13.2 Å². The standard InChI is InChI=1S/C25H14F3N3S/c26-25(27,28)15-4-3-5-16-19(11-15)18-10-14(12-29)8-9-17(18)23(16)20(13-30)24-31-21-6-1-2-7-22(21)32-24/h1-3,5-11,17-18H,4H2/b23-20+. The van der Waals surface area contributed by atoms with Crippen LogP contribution in [0, 0.1) is 34.5 Å². The summed E-state index contributed by atoms with van der Waals surface area (Å²) in [5, 5.41) is 20.0. The fourth-order valence-corrected chi connectivity index (χ4v) is 5.41. The molecule has 0 aliphatic heterocycles. The topological polar surface area (TPSA) is 60.5 Å². The number of hydrogen-bond acceptors (Lipinski definition) is 4. The lowest BCUT2D eigenvalue weighted by atomic mass is 9.81. The molecule has 1 aromatic carbocycles. The molecule has 2 unspecified atom stereocenters. The van der Waals surface area contributed by atoms with Gasteiger partial charge in [-0.05, 0) is 47.4 Å². The van der Waals surface area contributed by atoms with Crippen molar-refractivity contribution < 1.29 is 13.2 Å². The van der Waals surface area contributed by atoms with Crippen molar-refractivity contribution in [2.24, 2.45) is 11.8 Å². The number of halogens is 3. The van der Waals surface area contributed by atoms with Crippen LogP contribution in [0.1, 0.15) is 11.4 Å². The third kappa shape index (κ3) is 3.23. The molecule has 2 aromatic rings. The first-order valence-electron chi connectivity index (χ1n) is 9.90. The van der Waals surface area contributed by atoms with Gasteiger partial charge in [-0.3, -0.25) is 0 Å². The van der Waals surface area contributed by atoms with Gasteiger partial charge in [0, 0.05) is 23.0 Å². The van der Waals surface area contributed by atoms with Crippen LogP contribution in [0.25, 0.3) is 15.8 Å². The maximum atomic E-state index is 13.6. The molecule has 0 saturated carbocycles. The number of thiazole rings is 1. The minimum atomic E-state index is -4.45. The highest BCUT2D eigenvalue weighted by atomic mass is 32.1. The van der Waals surface area contributed by atoms with Gasteiger partial charge in [-0.1, -0.05) is 36.4 Å². The molecule has 156 valence electrons. The lowest BCUT2D eigenvalue weighted by Gasteiger charge is -2.21. The summed E-state index contributed by atoms with van der Waals surface area (Å²) in [5.41, 5.74) is 2.63.